The largest absolute Gasteiger partial charge is 0.449 e. The van der Waals surface area contributed by atoms with Crippen molar-refractivity contribution in [3.63, 3.8) is 0 Å². The number of anilines is 1. The van der Waals surface area contributed by atoms with Crippen molar-refractivity contribution >= 4 is 39.5 Å². The lowest BCUT2D eigenvalue weighted by Crippen LogP contribution is -2.52. The molecule has 0 bridgehead atoms. The zero-order valence-electron chi connectivity index (χ0n) is 16.3. The van der Waals surface area contributed by atoms with Gasteiger partial charge in [0.05, 0.1) is 12.3 Å². The summed E-state index contributed by atoms with van der Waals surface area (Å²) in [6.45, 7) is 6.59. The Hall–Kier alpha value is -2.09. The number of benzene rings is 1. The van der Waals surface area contributed by atoms with Gasteiger partial charge < -0.3 is 19.4 Å². The summed E-state index contributed by atoms with van der Waals surface area (Å²) < 4.78 is 6.09. The number of hydrogen-bond donors (Lipinski definition) is 0. The molecule has 1 aromatic rings. The third-order valence-electron chi connectivity index (χ3n) is 5.04. The minimum absolute atomic E-state index is 0.144. The number of carbonyl (C=O) groups is 3. The second kappa shape index (κ2) is 8.94. The molecule has 2 aliphatic rings. The molecule has 7 nitrogen and oxygen atoms in total. The monoisotopic (exact) mass is 451 g/mol. The van der Waals surface area contributed by atoms with E-state index in [4.69, 9.17) is 4.74 Å². The molecule has 3 amide bonds. The van der Waals surface area contributed by atoms with Gasteiger partial charge in [-0.05, 0) is 40.4 Å². The smallest absolute Gasteiger partial charge is 0.409 e. The van der Waals surface area contributed by atoms with E-state index in [1.807, 2.05) is 38.1 Å². The number of piperazine rings is 1. The van der Waals surface area contributed by atoms with E-state index in [1.165, 1.54) is 0 Å². The third-order valence-corrected chi connectivity index (χ3v) is 5.71. The number of carbonyl (C=O) groups excluding carboxylic acids is 3. The van der Waals surface area contributed by atoms with Crippen molar-refractivity contribution in [2.75, 3.05) is 44.2 Å². The van der Waals surface area contributed by atoms with Crippen molar-refractivity contribution < 1.29 is 19.1 Å². The Kier molecular flexibility index (Phi) is 6.59. The van der Waals surface area contributed by atoms with Gasteiger partial charge in [-0.1, -0.05) is 26.0 Å². The van der Waals surface area contributed by atoms with Gasteiger partial charge in [0.15, 0.2) is 0 Å². The molecule has 0 aliphatic carbocycles. The first-order chi connectivity index (χ1) is 13.4. The molecule has 1 atom stereocenters. The maximum absolute atomic E-state index is 12.9. The molecule has 1 aromatic carbocycles. The van der Waals surface area contributed by atoms with Gasteiger partial charge in [-0.15, -0.1) is 0 Å². The molecule has 8 heteroatoms. The van der Waals surface area contributed by atoms with Crippen LogP contribution in [-0.4, -0.2) is 67.0 Å². The molecule has 28 heavy (non-hydrogen) atoms. The highest BCUT2D eigenvalue weighted by atomic mass is 79.9. The number of nitrogens with zero attached hydrogens (tertiary/aromatic N) is 3. The number of rotatable bonds is 4. The zero-order valence-corrected chi connectivity index (χ0v) is 17.9. The second-order valence-electron chi connectivity index (χ2n) is 7.57. The van der Waals surface area contributed by atoms with E-state index in [0.717, 1.165) is 10.2 Å². The van der Waals surface area contributed by atoms with Crippen molar-refractivity contribution in [2.45, 2.75) is 20.3 Å². The highest BCUT2D eigenvalue weighted by Crippen LogP contribution is 2.32. The Labute approximate surface area is 173 Å². The van der Waals surface area contributed by atoms with Crippen LogP contribution < -0.4 is 4.90 Å². The van der Waals surface area contributed by atoms with E-state index in [-0.39, 0.29) is 23.8 Å². The van der Waals surface area contributed by atoms with Gasteiger partial charge in [0.25, 0.3) is 0 Å². The molecule has 2 aliphatic heterocycles. The van der Waals surface area contributed by atoms with Crippen LogP contribution >= 0.6 is 15.9 Å². The molecular formula is C20H26BrN3O4. The van der Waals surface area contributed by atoms with Gasteiger partial charge in [-0.3, -0.25) is 9.59 Å². The number of ether oxygens (including phenoxy) is 1. The van der Waals surface area contributed by atoms with Gasteiger partial charge in [0, 0.05) is 37.2 Å². The van der Waals surface area contributed by atoms with Crippen LogP contribution in [0, 0.1) is 11.8 Å². The van der Waals surface area contributed by atoms with Crippen molar-refractivity contribution in [1.82, 2.24) is 9.80 Å². The van der Waals surface area contributed by atoms with Crippen molar-refractivity contribution in [3.8, 4) is 0 Å². The van der Waals surface area contributed by atoms with E-state index in [0.29, 0.717) is 45.8 Å². The van der Waals surface area contributed by atoms with Crippen LogP contribution in [-0.2, 0) is 14.3 Å². The fourth-order valence-corrected chi connectivity index (χ4v) is 3.98. The van der Waals surface area contributed by atoms with Crippen LogP contribution in [0.15, 0.2) is 28.7 Å². The Bertz CT molecular complexity index is 747. The van der Waals surface area contributed by atoms with E-state index < -0.39 is 5.92 Å². The second-order valence-corrected chi connectivity index (χ2v) is 8.42. The van der Waals surface area contributed by atoms with E-state index in [1.54, 1.807) is 14.7 Å². The third kappa shape index (κ3) is 4.48. The van der Waals surface area contributed by atoms with Crippen LogP contribution in [0.25, 0.3) is 0 Å². The zero-order chi connectivity index (χ0) is 20.3. The van der Waals surface area contributed by atoms with Gasteiger partial charge in [-0.2, -0.15) is 0 Å². The van der Waals surface area contributed by atoms with Crippen molar-refractivity contribution in [2.24, 2.45) is 11.8 Å². The molecule has 1 unspecified atom stereocenters. The fraction of sp³-hybridized carbons (Fsp3) is 0.550. The molecule has 2 heterocycles. The van der Waals surface area contributed by atoms with Crippen LogP contribution in [0.4, 0.5) is 10.5 Å². The first-order valence-corrected chi connectivity index (χ1v) is 10.4. The summed E-state index contributed by atoms with van der Waals surface area (Å²) in [5.74, 6) is -0.662. The quantitative estimate of drug-likeness (QED) is 0.659. The minimum atomic E-state index is -0.647. The summed E-state index contributed by atoms with van der Waals surface area (Å²) in [6.07, 6.45) is 0.174. The molecule has 0 N–H and O–H groups in total. The standard InChI is InChI=1S/C20H26BrN3O4/c1-14(2)13-28-20(27)23-11-9-22(10-12-23)18(25)15-7-8-24(19(15)26)17-6-4-3-5-16(17)21/h3-6,14-15H,7-13H2,1-2H3. The summed E-state index contributed by atoms with van der Waals surface area (Å²) in [6, 6.07) is 7.52. The van der Waals surface area contributed by atoms with E-state index >= 15 is 0 Å². The Morgan fingerprint density at radius 2 is 1.75 bits per heavy atom. The summed E-state index contributed by atoms with van der Waals surface area (Å²) in [5.41, 5.74) is 0.792. The normalized spacial score (nSPS) is 20.1. The summed E-state index contributed by atoms with van der Waals surface area (Å²) in [5, 5.41) is 0. The van der Waals surface area contributed by atoms with Crippen molar-refractivity contribution in [1.29, 1.82) is 0 Å². The predicted molar refractivity (Wildman–Crippen MR) is 109 cm³/mol. The lowest BCUT2D eigenvalue weighted by atomic mass is 10.1. The Morgan fingerprint density at radius 3 is 2.39 bits per heavy atom. The fourth-order valence-electron chi connectivity index (χ4n) is 3.48. The summed E-state index contributed by atoms with van der Waals surface area (Å²) >= 11 is 3.47. The topological polar surface area (TPSA) is 70.2 Å². The van der Waals surface area contributed by atoms with Gasteiger partial charge >= 0.3 is 6.09 Å². The number of para-hydroxylation sites is 1. The summed E-state index contributed by atoms with van der Waals surface area (Å²) in [4.78, 5) is 42.8. The number of hydrogen-bond acceptors (Lipinski definition) is 4. The van der Waals surface area contributed by atoms with Gasteiger partial charge in [0.2, 0.25) is 11.8 Å². The van der Waals surface area contributed by atoms with E-state index in [2.05, 4.69) is 15.9 Å². The molecule has 2 saturated heterocycles. The average Bonchev–Trinajstić information content (AvgIpc) is 3.07. The molecule has 0 aromatic heterocycles. The Morgan fingerprint density at radius 1 is 1.11 bits per heavy atom. The van der Waals surface area contributed by atoms with Gasteiger partial charge in [-0.25, -0.2) is 4.79 Å². The lowest BCUT2D eigenvalue weighted by Gasteiger charge is -2.35. The SMILES string of the molecule is CC(C)COC(=O)N1CCN(C(=O)C2CCN(c3ccccc3Br)C2=O)CC1. The molecule has 3 rings (SSSR count). The van der Waals surface area contributed by atoms with E-state index in [9.17, 15) is 14.4 Å². The minimum Gasteiger partial charge on any atom is -0.449 e. The lowest BCUT2D eigenvalue weighted by molar-refractivity contribution is -0.141. The first kappa shape index (κ1) is 20.6. The van der Waals surface area contributed by atoms with Crippen LogP contribution in [0.3, 0.4) is 0 Å². The van der Waals surface area contributed by atoms with Crippen LogP contribution in [0.2, 0.25) is 0 Å². The maximum Gasteiger partial charge on any atom is 0.409 e. The first-order valence-electron chi connectivity index (χ1n) is 9.65. The van der Waals surface area contributed by atoms with Gasteiger partial charge in [0.1, 0.15) is 5.92 Å². The Balaban J connectivity index is 1.55. The maximum atomic E-state index is 12.9. The molecular weight excluding hydrogens is 426 g/mol. The number of amides is 3. The molecule has 2 fully saturated rings. The predicted octanol–water partition coefficient (Wildman–Crippen LogP) is 2.74. The average molecular weight is 452 g/mol. The highest BCUT2D eigenvalue weighted by Gasteiger charge is 2.41. The van der Waals surface area contributed by atoms with Crippen LogP contribution in [0.1, 0.15) is 20.3 Å². The molecule has 0 saturated carbocycles. The number of halogens is 1. The van der Waals surface area contributed by atoms with Crippen molar-refractivity contribution in [3.05, 3.63) is 28.7 Å². The molecule has 0 radical (unpaired) electrons. The summed E-state index contributed by atoms with van der Waals surface area (Å²) in [7, 11) is 0. The highest BCUT2D eigenvalue weighted by molar-refractivity contribution is 9.10. The molecule has 152 valence electrons. The van der Waals surface area contributed by atoms with Crippen LogP contribution in [0.5, 0.6) is 0 Å². The molecule has 0 spiro atoms.